The van der Waals surface area contributed by atoms with E-state index in [1.807, 2.05) is 6.92 Å². The number of aromatic nitrogens is 3. The van der Waals surface area contributed by atoms with E-state index in [2.05, 4.69) is 31.9 Å². The molecule has 1 aromatic heterocycles. The van der Waals surface area contributed by atoms with Gasteiger partial charge in [0.15, 0.2) is 0 Å². The van der Waals surface area contributed by atoms with Crippen molar-refractivity contribution in [1.29, 1.82) is 0 Å². The standard InChI is InChI=1S/C12H21N5.ClH/c1-10-14-11-7-16(5-6-17(11)15-10)9-12(2)3-4-13-8-12;/h13H,3-9H2,1-2H3;1H. The van der Waals surface area contributed by atoms with E-state index < -0.39 is 0 Å². The van der Waals surface area contributed by atoms with Crippen LogP contribution in [0.2, 0.25) is 0 Å². The third-order valence-electron chi connectivity index (χ3n) is 3.91. The fourth-order valence-electron chi connectivity index (χ4n) is 2.99. The maximum absolute atomic E-state index is 4.49. The van der Waals surface area contributed by atoms with E-state index in [1.165, 1.54) is 19.5 Å². The number of hydrogen-bond donors (Lipinski definition) is 1. The van der Waals surface area contributed by atoms with E-state index in [4.69, 9.17) is 0 Å². The second-order valence-corrected chi connectivity index (χ2v) is 5.75. The Morgan fingerprint density at radius 3 is 2.94 bits per heavy atom. The zero-order chi connectivity index (χ0) is 11.9. The molecule has 1 fully saturated rings. The molecule has 2 aliphatic rings. The highest BCUT2D eigenvalue weighted by molar-refractivity contribution is 5.85. The molecule has 3 rings (SSSR count). The molecule has 102 valence electrons. The van der Waals surface area contributed by atoms with Crippen molar-refractivity contribution in [1.82, 2.24) is 25.0 Å². The second kappa shape index (κ2) is 5.15. The first-order chi connectivity index (χ1) is 8.15. The van der Waals surface area contributed by atoms with Gasteiger partial charge in [-0.25, -0.2) is 9.67 Å². The van der Waals surface area contributed by atoms with Crippen LogP contribution in [-0.4, -0.2) is 45.8 Å². The molecule has 0 aliphatic carbocycles. The third-order valence-corrected chi connectivity index (χ3v) is 3.91. The topological polar surface area (TPSA) is 46.0 Å². The van der Waals surface area contributed by atoms with Gasteiger partial charge in [0.1, 0.15) is 11.6 Å². The lowest BCUT2D eigenvalue weighted by molar-refractivity contribution is 0.140. The summed E-state index contributed by atoms with van der Waals surface area (Å²) in [4.78, 5) is 7.02. The van der Waals surface area contributed by atoms with Crippen molar-refractivity contribution >= 4 is 12.4 Å². The van der Waals surface area contributed by atoms with Gasteiger partial charge in [-0.15, -0.1) is 12.4 Å². The molecule has 1 atom stereocenters. The molecular weight excluding hydrogens is 250 g/mol. The number of halogens is 1. The Hall–Kier alpha value is -0.650. The van der Waals surface area contributed by atoms with Gasteiger partial charge in [-0.3, -0.25) is 4.90 Å². The average molecular weight is 272 g/mol. The normalized spacial score (nSPS) is 27.9. The molecule has 2 aliphatic heterocycles. The molecule has 1 saturated heterocycles. The lowest BCUT2D eigenvalue weighted by atomic mass is 9.89. The van der Waals surface area contributed by atoms with E-state index in [0.717, 1.165) is 37.8 Å². The van der Waals surface area contributed by atoms with Crippen molar-refractivity contribution in [3.63, 3.8) is 0 Å². The fourth-order valence-corrected chi connectivity index (χ4v) is 2.99. The molecule has 0 aromatic carbocycles. The van der Waals surface area contributed by atoms with Gasteiger partial charge in [-0.2, -0.15) is 5.10 Å². The van der Waals surface area contributed by atoms with E-state index in [0.29, 0.717) is 5.41 Å². The van der Waals surface area contributed by atoms with Gasteiger partial charge in [0.2, 0.25) is 0 Å². The van der Waals surface area contributed by atoms with Crippen LogP contribution in [0.25, 0.3) is 0 Å². The lowest BCUT2D eigenvalue weighted by Crippen LogP contribution is -2.42. The van der Waals surface area contributed by atoms with E-state index in [1.54, 1.807) is 0 Å². The van der Waals surface area contributed by atoms with Crippen LogP contribution >= 0.6 is 12.4 Å². The molecule has 0 radical (unpaired) electrons. The maximum atomic E-state index is 4.49. The number of aryl methyl sites for hydroxylation is 1. The SMILES string of the molecule is Cc1nc2n(n1)CCN(CC1(C)CCNC1)C2.Cl. The largest absolute Gasteiger partial charge is 0.316 e. The minimum atomic E-state index is 0. The molecule has 0 bridgehead atoms. The quantitative estimate of drug-likeness (QED) is 0.865. The Morgan fingerprint density at radius 1 is 1.39 bits per heavy atom. The van der Waals surface area contributed by atoms with Crippen LogP contribution in [0.5, 0.6) is 0 Å². The monoisotopic (exact) mass is 271 g/mol. The summed E-state index contributed by atoms with van der Waals surface area (Å²) in [6.45, 7) is 10.9. The van der Waals surface area contributed by atoms with Crippen molar-refractivity contribution in [3.8, 4) is 0 Å². The minimum Gasteiger partial charge on any atom is -0.316 e. The molecule has 1 unspecified atom stereocenters. The van der Waals surface area contributed by atoms with Crippen LogP contribution < -0.4 is 5.32 Å². The van der Waals surface area contributed by atoms with Crippen LogP contribution in [0.15, 0.2) is 0 Å². The molecule has 5 nitrogen and oxygen atoms in total. The van der Waals surface area contributed by atoms with Crippen molar-refractivity contribution < 1.29 is 0 Å². The Labute approximate surface area is 114 Å². The lowest BCUT2D eigenvalue weighted by Gasteiger charge is -2.33. The van der Waals surface area contributed by atoms with Gasteiger partial charge >= 0.3 is 0 Å². The molecule has 1 aromatic rings. The first-order valence-corrected chi connectivity index (χ1v) is 6.48. The number of nitrogens with zero attached hydrogens (tertiary/aromatic N) is 4. The molecule has 0 spiro atoms. The summed E-state index contributed by atoms with van der Waals surface area (Å²) < 4.78 is 2.06. The van der Waals surface area contributed by atoms with Crippen molar-refractivity contribution in [2.24, 2.45) is 5.41 Å². The van der Waals surface area contributed by atoms with Gasteiger partial charge in [0.05, 0.1) is 13.1 Å². The average Bonchev–Trinajstić information content (AvgIpc) is 2.83. The van der Waals surface area contributed by atoms with Crippen LogP contribution in [0, 0.1) is 12.3 Å². The molecule has 0 amide bonds. The van der Waals surface area contributed by atoms with Crippen LogP contribution in [0.3, 0.4) is 0 Å². The Kier molecular flexibility index (Phi) is 3.94. The minimum absolute atomic E-state index is 0. The first kappa shape index (κ1) is 13.8. The summed E-state index contributed by atoms with van der Waals surface area (Å²) in [6.07, 6.45) is 1.29. The van der Waals surface area contributed by atoms with E-state index in [-0.39, 0.29) is 12.4 Å². The third kappa shape index (κ3) is 2.68. The Morgan fingerprint density at radius 2 is 2.22 bits per heavy atom. The summed E-state index contributed by atoms with van der Waals surface area (Å²) in [7, 11) is 0. The molecular formula is C12H22ClN5. The Bertz CT molecular complexity index is 411. The summed E-state index contributed by atoms with van der Waals surface area (Å²) >= 11 is 0. The van der Waals surface area contributed by atoms with E-state index in [9.17, 15) is 0 Å². The van der Waals surface area contributed by atoms with E-state index >= 15 is 0 Å². The Balaban J connectivity index is 0.00000120. The highest BCUT2D eigenvalue weighted by Gasteiger charge is 2.32. The smallest absolute Gasteiger partial charge is 0.147 e. The zero-order valence-corrected chi connectivity index (χ0v) is 12.0. The summed E-state index contributed by atoms with van der Waals surface area (Å²) in [5, 5.41) is 7.87. The molecule has 3 heterocycles. The predicted molar refractivity (Wildman–Crippen MR) is 72.9 cm³/mol. The van der Waals surface area contributed by atoms with Gasteiger partial charge in [-0.1, -0.05) is 6.92 Å². The molecule has 0 saturated carbocycles. The van der Waals surface area contributed by atoms with Gasteiger partial charge in [-0.05, 0) is 25.3 Å². The van der Waals surface area contributed by atoms with Gasteiger partial charge < -0.3 is 5.32 Å². The summed E-state index contributed by atoms with van der Waals surface area (Å²) in [5.41, 5.74) is 0.442. The molecule has 1 N–H and O–H groups in total. The highest BCUT2D eigenvalue weighted by atomic mass is 35.5. The fraction of sp³-hybridized carbons (Fsp3) is 0.833. The van der Waals surface area contributed by atoms with Crippen LogP contribution in [-0.2, 0) is 13.1 Å². The molecule has 6 heteroatoms. The highest BCUT2D eigenvalue weighted by Crippen LogP contribution is 2.27. The van der Waals surface area contributed by atoms with Crippen LogP contribution in [0.1, 0.15) is 25.0 Å². The number of rotatable bonds is 2. The number of fused-ring (bicyclic) bond motifs is 1. The first-order valence-electron chi connectivity index (χ1n) is 6.48. The zero-order valence-electron chi connectivity index (χ0n) is 11.1. The van der Waals surface area contributed by atoms with Crippen molar-refractivity contribution in [3.05, 3.63) is 11.6 Å². The maximum Gasteiger partial charge on any atom is 0.147 e. The van der Waals surface area contributed by atoms with Crippen LogP contribution in [0.4, 0.5) is 0 Å². The van der Waals surface area contributed by atoms with Gasteiger partial charge in [0, 0.05) is 19.6 Å². The van der Waals surface area contributed by atoms with Crippen molar-refractivity contribution in [2.45, 2.75) is 33.4 Å². The predicted octanol–water partition coefficient (Wildman–Crippen LogP) is 0.824. The summed E-state index contributed by atoms with van der Waals surface area (Å²) in [5.74, 6) is 2.03. The van der Waals surface area contributed by atoms with Gasteiger partial charge in [0.25, 0.3) is 0 Å². The van der Waals surface area contributed by atoms with Crippen molar-refractivity contribution in [2.75, 3.05) is 26.2 Å². The molecule has 18 heavy (non-hydrogen) atoms. The number of nitrogens with one attached hydrogen (secondary N) is 1. The number of hydrogen-bond acceptors (Lipinski definition) is 4. The summed E-state index contributed by atoms with van der Waals surface area (Å²) in [6, 6.07) is 0. The second-order valence-electron chi connectivity index (χ2n) is 5.75.